The summed E-state index contributed by atoms with van der Waals surface area (Å²) < 4.78 is 16.8. The molecule has 6 nitrogen and oxygen atoms in total. The number of ketones is 1. The lowest BCUT2D eigenvalue weighted by Gasteiger charge is -2.34. The average Bonchev–Trinajstić information content (AvgIpc) is 3.25. The first-order chi connectivity index (χ1) is 14.1. The Kier molecular flexibility index (Phi) is 5.72. The van der Waals surface area contributed by atoms with E-state index in [4.69, 9.17) is 14.2 Å². The van der Waals surface area contributed by atoms with Gasteiger partial charge < -0.3 is 19.5 Å². The summed E-state index contributed by atoms with van der Waals surface area (Å²) in [7, 11) is 1.60. The number of carbonyl (C=O) groups excluding carboxylic acids is 2. The topological polar surface area (TPSA) is 73.9 Å². The number of rotatable bonds is 5. The van der Waals surface area contributed by atoms with E-state index in [0.717, 1.165) is 42.6 Å². The van der Waals surface area contributed by atoms with Crippen molar-refractivity contribution in [3.8, 4) is 5.75 Å². The Labute approximate surface area is 170 Å². The Morgan fingerprint density at radius 1 is 1.24 bits per heavy atom. The molecule has 2 atom stereocenters. The largest absolute Gasteiger partial charge is 0.496 e. The number of dihydropyridines is 1. The van der Waals surface area contributed by atoms with E-state index in [9.17, 15) is 9.59 Å². The van der Waals surface area contributed by atoms with Crippen LogP contribution < -0.4 is 10.1 Å². The van der Waals surface area contributed by atoms with Crippen LogP contribution in [0.3, 0.4) is 0 Å². The molecule has 2 unspecified atom stereocenters. The zero-order valence-corrected chi connectivity index (χ0v) is 17.0. The van der Waals surface area contributed by atoms with Crippen LogP contribution in [0.5, 0.6) is 5.75 Å². The lowest BCUT2D eigenvalue weighted by Crippen LogP contribution is -2.35. The third kappa shape index (κ3) is 3.81. The van der Waals surface area contributed by atoms with Crippen molar-refractivity contribution in [2.24, 2.45) is 0 Å². The summed E-state index contributed by atoms with van der Waals surface area (Å²) in [5.41, 5.74) is 3.58. The fourth-order valence-corrected chi connectivity index (χ4v) is 4.49. The molecule has 0 saturated carbocycles. The number of benzene rings is 1. The molecule has 0 amide bonds. The molecule has 1 fully saturated rings. The Balaban J connectivity index is 1.73. The standard InChI is InChI=1S/C23H27NO5/c1-14-20(23(26)29-13-15-7-6-12-28-15)21(16-8-3-4-11-19(16)27-2)22-17(24-14)9-5-10-18(22)25/h3-4,8,11,15,21,24H,5-7,9-10,12-13H2,1-2H3. The van der Waals surface area contributed by atoms with Gasteiger partial charge in [0.05, 0.1) is 24.7 Å². The van der Waals surface area contributed by atoms with E-state index in [0.29, 0.717) is 29.9 Å². The summed E-state index contributed by atoms with van der Waals surface area (Å²) >= 11 is 0. The van der Waals surface area contributed by atoms with Gasteiger partial charge in [-0.1, -0.05) is 18.2 Å². The molecule has 154 valence electrons. The highest BCUT2D eigenvalue weighted by Gasteiger charge is 2.40. The van der Waals surface area contributed by atoms with Gasteiger partial charge in [0.2, 0.25) is 0 Å². The van der Waals surface area contributed by atoms with Crippen LogP contribution in [-0.2, 0) is 19.1 Å². The average molecular weight is 397 g/mol. The van der Waals surface area contributed by atoms with E-state index < -0.39 is 11.9 Å². The molecular weight excluding hydrogens is 370 g/mol. The van der Waals surface area contributed by atoms with Crippen LogP contribution in [0, 0.1) is 0 Å². The van der Waals surface area contributed by atoms with Crippen LogP contribution in [0.4, 0.5) is 0 Å². The summed E-state index contributed by atoms with van der Waals surface area (Å²) in [6, 6.07) is 7.56. The Bertz CT molecular complexity index is 879. The summed E-state index contributed by atoms with van der Waals surface area (Å²) in [5, 5.41) is 3.31. The fraction of sp³-hybridized carbons (Fsp3) is 0.478. The van der Waals surface area contributed by atoms with Crippen molar-refractivity contribution in [1.29, 1.82) is 0 Å². The SMILES string of the molecule is COc1ccccc1C1C(C(=O)OCC2CCCO2)=C(C)NC2=C1C(=O)CCC2. The van der Waals surface area contributed by atoms with E-state index >= 15 is 0 Å². The minimum atomic E-state index is -0.493. The molecule has 0 aromatic heterocycles. The van der Waals surface area contributed by atoms with Crippen LogP contribution >= 0.6 is 0 Å². The predicted octanol–water partition coefficient (Wildman–Crippen LogP) is 3.39. The van der Waals surface area contributed by atoms with Crippen molar-refractivity contribution in [2.45, 2.75) is 51.0 Å². The molecular formula is C23H27NO5. The normalized spacial score (nSPS) is 24.3. The van der Waals surface area contributed by atoms with Crippen molar-refractivity contribution in [3.05, 3.63) is 52.4 Å². The van der Waals surface area contributed by atoms with Gasteiger partial charge in [-0.2, -0.15) is 0 Å². The third-order valence-electron chi connectivity index (χ3n) is 5.87. The van der Waals surface area contributed by atoms with Crippen LogP contribution in [0.25, 0.3) is 0 Å². The molecule has 6 heteroatoms. The highest BCUT2D eigenvalue weighted by atomic mass is 16.6. The zero-order valence-electron chi connectivity index (χ0n) is 17.0. The number of ether oxygens (including phenoxy) is 3. The predicted molar refractivity (Wildman–Crippen MR) is 107 cm³/mol. The maximum atomic E-state index is 13.2. The summed E-state index contributed by atoms with van der Waals surface area (Å²) in [4.78, 5) is 26.1. The molecule has 1 aromatic rings. The van der Waals surface area contributed by atoms with Gasteiger partial charge in [0.15, 0.2) is 5.78 Å². The van der Waals surface area contributed by atoms with Gasteiger partial charge in [-0.25, -0.2) is 4.79 Å². The van der Waals surface area contributed by atoms with Gasteiger partial charge in [0.1, 0.15) is 12.4 Å². The molecule has 1 N–H and O–H groups in total. The highest BCUT2D eigenvalue weighted by molar-refractivity contribution is 6.04. The second-order valence-electron chi connectivity index (χ2n) is 7.74. The lowest BCUT2D eigenvalue weighted by atomic mass is 9.75. The summed E-state index contributed by atoms with van der Waals surface area (Å²) in [5.74, 6) is -0.174. The van der Waals surface area contributed by atoms with Gasteiger partial charge >= 0.3 is 5.97 Å². The first-order valence-corrected chi connectivity index (χ1v) is 10.3. The maximum absolute atomic E-state index is 13.2. The van der Waals surface area contributed by atoms with Gasteiger partial charge in [-0.15, -0.1) is 0 Å². The van der Waals surface area contributed by atoms with Crippen molar-refractivity contribution < 1.29 is 23.8 Å². The Morgan fingerprint density at radius 3 is 2.83 bits per heavy atom. The van der Waals surface area contributed by atoms with Gasteiger partial charge in [-0.3, -0.25) is 4.79 Å². The van der Waals surface area contributed by atoms with Crippen LogP contribution in [0.15, 0.2) is 46.8 Å². The molecule has 2 aliphatic heterocycles. The monoisotopic (exact) mass is 397 g/mol. The van der Waals surface area contributed by atoms with Crippen LogP contribution in [-0.4, -0.2) is 38.2 Å². The maximum Gasteiger partial charge on any atom is 0.336 e. The number of para-hydroxylation sites is 1. The van der Waals surface area contributed by atoms with Crippen LogP contribution in [0.1, 0.15) is 50.5 Å². The van der Waals surface area contributed by atoms with Gasteiger partial charge in [-0.05, 0) is 38.7 Å². The van der Waals surface area contributed by atoms with E-state index in [2.05, 4.69) is 5.32 Å². The van der Waals surface area contributed by atoms with Gasteiger partial charge in [0.25, 0.3) is 0 Å². The second-order valence-corrected chi connectivity index (χ2v) is 7.74. The molecule has 3 aliphatic rings. The molecule has 1 aliphatic carbocycles. The minimum Gasteiger partial charge on any atom is -0.496 e. The molecule has 29 heavy (non-hydrogen) atoms. The zero-order chi connectivity index (χ0) is 20.4. The van der Waals surface area contributed by atoms with Crippen LogP contribution in [0.2, 0.25) is 0 Å². The molecule has 0 spiro atoms. The highest BCUT2D eigenvalue weighted by Crippen LogP contribution is 2.45. The van der Waals surface area contributed by atoms with E-state index in [-0.39, 0.29) is 18.5 Å². The lowest BCUT2D eigenvalue weighted by molar-refractivity contribution is -0.142. The number of methoxy groups -OCH3 is 1. The summed E-state index contributed by atoms with van der Waals surface area (Å²) in [6.45, 7) is 2.81. The second kappa shape index (κ2) is 8.41. The Morgan fingerprint density at radius 2 is 2.07 bits per heavy atom. The third-order valence-corrected chi connectivity index (χ3v) is 5.87. The number of hydrogen-bond acceptors (Lipinski definition) is 6. The quantitative estimate of drug-likeness (QED) is 0.768. The molecule has 2 heterocycles. The van der Waals surface area contributed by atoms with Crippen molar-refractivity contribution in [2.75, 3.05) is 20.3 Å². The minimum absolute atomic E-state index is 0.0489. The first kappa shape index (κ1) is 19.7. The number of nitrogens with one attached hydrogen (secondary N) is 1. The first-order valence-electron chi connectivity index (χ1n) is 10.3. The number of allylic oxidation sites excluding steroid dienone is 3. The van der Waals surface area contributed by atoms with Gasteiger partial charge in [0, 0.05) is 35.6 Å². The van der Waals surface area contributed by atoms with E-state index in [1.165, 1.54) is 0 Å². The number of esters is 1. The molecule has 1 saturated heterocycles. The molecule has 0 radical (unpaired) electrons. The van der Waals surface area contributed by atoms with E-state index in [1.807, 2.05) is 31.2 Å². The number of hydrogen-bond donors (Lipinski definition) is 1. The number of carbonyl (C=O) groups is 2. The van der Waals surface area contributed by atoms with Crippen molar-refractivity contribution in [3.63, 3.8) is 0 Å². The number of Topliss-reactive ketones (excluding diaryl/α,β-unsaturated/α-hetero) is 1. The van der Waals surface area contributed by atoms with Crippen molar-refractivity contribution >= 4 is 11.8 Å². The molecule has 4 rings (SSSR count). The smallest absolute Gasteiger partial charge is 0.336 e. The molecule has 1 aromatic carbocycles. The Hall–Kier alpha value is -2.60. The fourth-order valence-electron chi connectivity index (χ4n) is 4.49. The summed E-state index contributed by atoms with van der Waals surface area (Å²) in [6.07, 6.45) is 3.93. The van der Waals surface area contributed by atoms with Crippen molar-refractivity contribution in [1.82, 2.24) is 5.32 Å². The molecule has 0 bridgehead atoms. The van der Waals surface area contributed by atoms with E-state index in [1.54, 1.807) is 7.11 Å².